The second-order valence-corrected chi connectivity index (χ2v) is 4.51. The van der Waals surface area contributed by atoms with Gasteiger partial charge in [-0.1, -0.05) is 13.8 Å². The summed E-state index contributed by atoms with van der Waals surface area (Å²) in [5.74, 6) is 1.44. The molecule has 1 heterocycles. The van der Waals surface area contributed by atoms with Crippen LogP contribution in [-0.4, -0.2) is 34.5 Å². The zero-order valence-electron chi connectivity index (χ0n) is 11.3. The largest absolute Gasteiger partial charge is 0.345 e. The zero-order valence-corrected chi connectivity index (χ0v) is 11.3. The molecule has 0 atom stereocenters. The van der Waals surface area contributed by atoms with Crippen molar-refractivity contribution in [1.29, 1.82) is 0 Å². The SMILES string of the molecule is CCn1c(/C=C/C(=O)N(C)C)cnc1C(C)C. The molecular weight excluding hydrogens is 214 g/mol. The Balaban J connectivity index is 2.96. The average Bonchev–Trinajstić information content (AvgIpc) is 2.68. The first kappa shape index (κ1) is 13.5. The highest BCUT2D eigenvalue weighted by Crippen LogP contribution is 2.16. The minimum Gasteiger partial charge on any atom is -0.345 e. The third kappa shape index (κ3) is 3.19. The fraction of sp³-hybridized carbons (Fsp3) is 0.538. The summed E-state index contributed by atoms with van der Waals surface area (Å²) in [5, 5.41) is 0. The molecular formula is C13H21N3O. The molecule has 0 unspecified atom stereocenters. The molecule has 1 aromatic rings. The highest BCUT2D eigenvalue weighted by Gasteiger charge is 2.10. The average molecular weight is 235 g/mol. The molecule has 0 fully saturated rings. The normalized spacial score (nSPS) is 11.4. The molecule has 0 spiro atoms. The summed E-state index contributed by atoms with van der Waals surface area (Å²) in [4.78, 5) is 17.4. The minimum absolute atomic E-state index is 0.0139. The van der Waals surface area contributed by atoms with Crippen molar-refractivity contribution in [2.75, 3.05) is 14.1 Å². The van der Waals surface area contributed by atoms with Gasteiger partial charge >= 0.3 is 0 Å². The summed E-state index contributed by atoms with van der Waals surface area (Å²) < 4.78 is 2.13. The van der Waals surface area contributed by atoms with Crippen molar-refractivity contribution >= 4 is 12.0 Å². The molecule has 4 heteroatoms. The van der Waals surface area contributed by atoms with E-state index in [1.807, 2.05) is 12.3 Å². The van der Waals surface area contributed by atoms with Crippen LogP contribution in [0.5, 0.6) is 0 Å². The number of nitrogens with zero attached hydrogens (tertiary/aromatic N) is 3. The predicted octanol–water partition coefficient (Wildman–Crippen LogP) is 2.13. The van der Waals surface area contributed by atoms with Gasteiger partial charge in [-0.25, -0.2) is 4.98 Å². The molecule has 0 aliphatic heterocycles. The van der Waals surface area contributed by atoms with Crippen LogP contribution in [0.25, 0.3) is 6.08 Å². The number of carbonyl (C=O) groups is 1. The topological polar surface area (TPSA) is 38.1 Å². The van der Waals surface area contributed by atoms with Gasteiger partial charge in [-0.3, -0.25) is 4.79 Å². The van der Waals surface area contributed by atoms with Gasteiger partial charge in [0.1, 0.15) is 5.82 Å². The second-order valence-electron chi connectivity index (χ2n) is 4.51. The lowest BCUT2D eigenvalue weighted by Gasteiger charge is -2.10. The number of amides is 1. The quantitative estimate of drug-likeness (QED) is 0.750. The fourth-order valence-electron chi connectivity index (χ4n) is 1.65. The summed E-state index contributed by atoms with van der Waals surface area (Å²) in [5.41, 5.74) is 0.978. The van der Waals surface area contributed by atoms with Gasteiger partial charge in [0, 0.05) is 32.6 Å². The second kappa shape index (κ2) is 5.66. The van der Waals surface area contributed by atoms with E-state index >= 15 is 0 Å². The highest BCUT2D eigenvalue weighted by atomic mass is 16.2. The van der Waals surface area contributed by atoms with Gasteiger partial charge in [0.25, 0.3) is 0 Å². The van der Waals surface area contributed by atoms with E-state index in [1.165, 1.54) is 0 Å². The number of likely N-dealkylation sites (N-methyl/N-ethyl adjacent to an activating group) is 1. The Morgan fingerprint density at radius 2 is 2.18 bits per heavy atom. The molecule has 94 valence electrons. The van der Waals surface area contributed by atoms with E-state index in [1.54, 1.807) is 25.1 Å². The molecule has 0 aliphatic carbocycles. The van der Waals surface area contributed by atoms with Gasteiger partial charge in [-0.15, -0.1) is 0 Å². The number of carbonyl (C=O) groups excluding carboxylic acids is 1. The van der Waals surface area contributed by atoms with Gasteiger partial charge in [0.2, 0.25) is 5.91 Å². The third-order valence-corrected chi connectivity index (χ3v) is 2.59. The molecule has 1 rings (SSSR count). The van der Waals surface area contributed by atoms with Crippen LogP contribution in [-0.2, 0) is 11.3 Å². The van der Waals surface area contributed by atoms with Crippen LogP contribution in [0.2, 0.25) is 0 Å². The molecule has 0 saturated heterocycles. The Bertz CT molecular complexity index is 416. The molecule has 0 bridgehead atoms. The van der Waals surface area contributed by atoms with Crippen molar-refractivity contribution in [3.8, 4) is 0 Å². The van der Waals surface area contributed by atoms with Crippen molar-refractivity contribution in [2.45, 2.75) is 33.2 Å². The number of hydrogen-bond donors (Lipinski definition) is 0. The Hall–Kier alpha value is -1.58. The maximum Gasteiger partial charge on any atom is 0.246 e. The molecule has 0 aliphatic rings. The summed E-state index contributed by atoms with van der Waals surface area (Å²) in [6, 6.07) is 0. The van der Waals surface area contributed by atoms with Crippen LogP contribution in [0.1, 0.15) is 38.2 Å². The summed E-state index contributed by atoms with van der Waals surface area (Å²) >= 11 is 0. The first-order valence-electron chi connectivity index (χ1n) is 5.92. The summed E-state index contributed by atoms with van der Waals surface area (Å²) in [7, 11) is 3.48. The predicted molar refractivity (Wildman–Crippen MR) is 69.7 cm³/mol. The van der Waals surface area contributed by atoms with Gasteiger partial charge in [0.05, 0.1) is 11.9 Å². The molecule has 0 N–H and O–H groups in total. The van der Waals surface area contributed by atoms with E-state index in [-0.39, 0.29) is 5.91 Å². The van der Waals surface area contributed by atoms with E-state index in [0.29, 0.717) is 5.92 Å². The molecule has 1 amide bonds. The van der Waals surface area contributed by atoms with E-state index < -0.39 is 0 Å². The van der Waals surface area contributed by atoms with Gasteiger partial charge in [-0.2, -0.15) is 0 Å². The number of rotatable bonds is 4. The minimum atomic E-state index is -0.0139. The van der Waals surface area contributed by atoms with Crippen molar-refractivity contribution in [3.05, 3.63) is 23.8 Å². The standard InChI is InChI=1S/C13H21N3O/c1-6-16-11(7-8-12(17)15(4)5)9-14-13(16)10(2)3/h7-10H,6H2,1-5H3/b8-7+. The van der Waals surface area contributed by atoms with Crippen molar-refractivity contribution < 1.29 is 4.79 Å². The maximum atomic E-state index is 11.5. The van der Waals surface area contributed by atoms with Crippen molar-refractivity contribution in [1.82, 2.24) is 14.5 Å². The Morgan fingerprint density at radius 3 is 2.65 bits per heavy atom. The summed E-state index contributed by atoms with van der Waals surface area (Å²) in [6.45, 7) is 7.18. The van der Waals surface area contributed by atoms with E-state index in [9.17, 15) is 4.79 Å². The number of hydrogen-bond acceptors (Lipinski definition) is 2. The lowest BCUT2D eigenvalue weighted by molar-refractivity contribution is -0.123. The van der Waals surface area contributed by atoms with Crippen LogP contribution in [0.4, 0.5) is 0 Å². The molecule has 17 heavy (non-hydrogen) atoms. The van der Waals surface area contributed by atoms with Crippen LogP contribution < -0.4 is 0 Å². The first-order chi connectivity index (χ1) is 7.97. The molecule has 1 aromatic heterocycles. The smallest absolute Gasteiger partial charge is 0.246 e. The Morgan fingerprint density at radius 1 is 1.53 bits per heavy atom. The number of aromatic nitrogens is 2. The van der Waals surface area contributed by atoms with E-state index in [4.69, 9.17) is 0 Å². The van der Waals surface area contributed by atoms with E-state index in [2.05, 4.69) is 30.3 Å². The first-order valence-corrected chi connectivity index (χ1v) is 5.92. The number of imidazole rings is 1. The van der Waals surface area contributed by atoms with Crippen LogP contribution in [0, 0.1) is 0 Å². The Kier molecular flexibility index (Phi) is 4.49. The molecule has 0 aromatic carbocycles. The fourth-order valence-corrected chi connectivity index (χ4v) is 1.65. The van der Waals surface area contributed by atoms with Crippen LogP contribution in [0.15, 0.2) is 12.3 Å². The summed E-state index contributed by atoms with van der Waals surface area (Å²) in [6.07, 6.45) is 5.22. The van der Waals surface area contributed by atoms with Crippen molar-refractivity contribution in [3.63, 3.8) is 0 Å². The van der Waals surface area contributed by atoms with Crippen LogP contribution in [0.3, 0.4) is 0 Å². The molecule has 0 radical (unpaired) electrons. The maximum absolute atomic E-state index is 11.5. The lowest BCUT2D eigenvalue weighted by Crippen LogP contribution is -2.18. The van der Waals surface area contributed by atoms with Gasteiger partial charge in [-0.05, 0) is 13.0 Å². The van der Waals surface area contributed by atoms with E-state index in [0.717, 1.165) is 18.1 Å². The molecule has 0 saturated carbocycles. The van der Waals surface area contributed by atoms with Gasteiger partial charge < -0.3 is 9.47 Å². The highest BCUT2D eigenvalue weighted by molar-refractivity contribution is 5.91. The van der Waals surface area contributed by atoms with Gasteiger partial charge in [0.15, 0.2) is 0 Å². The monoisotopic (exact) mass is 235 g/mol. The lowest BCUT2D eigenvalue weighted by atomic mass is 10.2. The third-order valence-electron chi connectivity index (χ3n) is 2.59. The zero-order chi connectivity index (χ0) is 13.0. The van der Waals surface area contributed by atoms with Crippen molar-refractivity contribution in [2.24, 2.45) is 0 Å². The molecule has 4 nitrogen and oxygen atoms in total. The van der Waals surface area contributed by atoms with Crippen LogP contribution >= 0.6 is 0 Å². The Labute approximate surface area is 103 Å².